The lowest BCUT2D eigenvalue weighted by atomic mass is 9.93. The first-order valence-corrected chi connectivity index (χ1v) is 10.5. The lowest BCUT2D eigenvalue weighted by Crippen LogP contribution is -2.48. The number of amides is 1. The third-order valence-electron chi connectivity index (χ3n) is 5.40. The van der Waals surface area contributed by atoms with Gasteiger partial charge in [0.15, 0.2) is 11.5 Å². The van der Waals surface area contributed by atoms with Crippen molar-refractivity contribution in [1.82, 2.24) is 10.2 Å². The fourth-order valence-electron chi connectivity index (χ4n) is 3.84. The van der Waals surface area contributed by atoms with Crippen LogP contribution >= 0.6 is 11.6 Å². The molecule has 1 aromatic carbocycles. The minimum atomic E-state index is -0.489. The Morgan fingerprint density at radius 1 is 1.31 bits per heavy atom. The average molecular weight is 425 g/mol. The molecule has 3 rings (SSSR count). The molecule has 1 fully saturated rings. The molecular formula is C21H29ClN2O5. The van der Waals surface area contributed by atoms with Gasteiger partial charge in [0.2, 0.25) is 5.91 Å². The molecule has 2 heterocycles. The summed E-state index contributed by atoms with van der Waals surface area (Å²) in [7, 11) is 0. The van der Waals surface area contributed by atoms with E-state index in [1.54, 1.807) is 19.1 Å². The first kappa shape index (κ1) is 21.9. The Balaban J connectivity index is 1.46. The number of nitrogens with one attached hydrogen (secondary N) is 1. The van der Waals surface area contributed by atoms with Gasteiger partial charge < -0.3 is 29.6 Å². The summed E-state index contributed by atoms with van der Waals surface area (Å²) in [5.74, 6) is 1.23. The number of hydrogen-bond donors (Lipinski definition) is 2. The summed E-state index contributed by atoms with van der Waals surface area (Å²) in [5, 5.41) is 13.9. The van der Waals surface area contributed by atoms with Crippen LogP contribution in [0.2, 0.25) is 5.02 Å². The second-order valence-electron chi connectivity index (χ2n) is 7.79. The van der Waals surface area contributed by atoms with Crippen LogP contribution in [0.3, 0.4) is 0 Å². The number of likely N-dealkylation sites (tertiary alicyclic amines) is 1. The van der Waals surface area contributed by atoms with E-state index in [0.29, 0.717) is 54.8 Å². The number of piperidine rings is 1. The van der Waals surface area contributed by atoms with Crippen molar-refractivity contribution in [3.8, 4) is 11.5 Å². The highest BCUT2D eigenvalue weighted by Gasteiger charge is 2.28. The third kappa shape index (κ3) is 6.32. The average Bonchev–Trinajstić information content (AvgIpc) is 2.67. The number of rotatable bonds is 8. The van der Waals surface area contributed by atoms with Gasteiger partial charge in [0.1, 0.15) is 19.0 Å². The molecule has 2 aliphatic heterocycles. The van der Waals surface area contributed by atoms with Crippen LogP contribution in [-0.2, 0) is 16.0 Å². The predicted octanol–water partition coefficient (Wildman–Crippen LogP) is 1.82. The number of Topliss-reactive ketones (excluding diaryl/α,β-unsaturated/α-hetero) is 1. The molecule has 2 N–H and O–H groups in total. The number of carbonyl (C=O) groups excluding carboxylic acids is 2. The molecule has 0 bridgehead atoms. The monoisotopic (exact) mass is 424 g/mol. The molecule has 8 heteroatoms. The van der Waals surface area contributed by atoms with E-state index in [-0.39, 0.29) is 24.0 Å². The number of aliphatic hydroxyl groups is 1. The topological polar surface area (TPSA) is 88.1 Å². The zero-order valence-corrected chi connectivity index (χ0v) is 17.5. The Kier molecular flexibility index (Phi) is 7.75. The Hall–Kier alpha value is -1.83. The summed E-state index contributed by atoms with van der Waals surface area (Å²) in [6, 6.07) is 3.42. The molecule has 160 valence electrons. The third-order valence-corrected chi connectivity index (χ3v) is 5.62. The number of nitrogens with zero attached hydrogens (tertiary/aromatic N) is 1. The highest BCUT2D eigenvalue weighted by atomic mass is 35.5. The minimum absolute atomic E-state index is 0.0240. The van der Waals surface area contributed by atoms with E-state index < -0.39 is 6.10 Å². The molecule has 0 radical (unpaired) electrons. The first-order valence-electron chi connectivity index (χ1n) is 10.2. The van der Waals surface area contributed by atoms with Crippen LogP contribution in [-0.4, -0.2) is 67.2 Å². The lowest BCUT2D eigenvalue weighted by molar-refractivity contribution is -0.121. The molecule has 0 spiro atoms. The molecule has 1 saturated heterocycles. The second-order valence-corrected chi connectivity index (χ2v) is 8.23. The zero-order valence-electron chi connectivity index (χ0n) is 16.8. The Bertz CT molecular complexity index is 742. The molecule has 29 heavy (non-hydrogen) atoms. The van der Waals surface area contributed by atoms with Gasteiger partial charge in [-0.25, -0.2) is 0 Å². The van der Waals surface area contributed by atoms with Gasteiger partial charge in [0.05, 0.1) is 12.5 Å². The summed E-state index contributed by atoms with van der Waals surface area (Å²) in [4.78, 5) is 25.7. The largest absolute Gasteiger partial charge is 0.486 e. The van der Waals surface area contributed by atoms with Gasteiger partial charge in [-0.1, -0.05) is 11.6 Å². The molecule has 0 saturated carbocycles. The smallest absolute Gasteiger partial charge is 0.224 e. The zero-order chi connectivity index (χ0) is 20.8. The van der Waals surface area contributed by atoms with Gasteiger partial charge >= 0.3 is 0 Å². The standard InChI is InChI=1S/C21H29ClN2O5/c1-14(25)3-2-5-24-6-4-15(18(26)13-24)12-23-20(27)10-16-9-17(22)11-19-21(16)29-8-7-28-19/h9,11,15,18,26H,2-8,10,12-13H2,1H3,(H,23,27)/t15-,18+/m0/s1. The predicted molar refractivity (Wildman–Crippen MR) is 110 cm³/mol. The number of benzene rings is 1. The van der Waals surface area contributed by atoms with Crippen LogP contribution in [0, 0.1) is 5.92 Å². The molecular weight excluding hydrogens is 396 g/mol. The van der Waals surface area contributed by atoms with Crippen molar-refractivity contribution < 1.29 is 24.2 Å². The van der Waals surface area contributed by atoms with Crippen LogP contribution in [0.4, 0.5) is 0 Å². The van der Waals surface area contributed by atoms with Gasteiger partial charge in [-0.3, -0.25) is 4.79 Å². The number of β-amino-alcohol motifs (C(OH)–C–C–N with tert-alkyl or cyclic N) is 1. The number of hydrogen-bond acceptors (Lipinski definition) is 6. The normalized spacial score (nSPS) is 21.6. The first-order chi connectivity index (χ1) is 13.9. The fourth-order valence-corrected chi connectivity index (χ4v) is 4.07. The minimum Gasteiger partial charge on any atom is -0.486 e. The summed E-state index contributed by atoms with van der Waals surface area (Å²) < 4.78 is 11.2. The summed E-state index contributed by atoms with van der Waals surface area (Å²) in [5.41, 5.74) is 0.700. The maximum Gasteiger partial charge on any atom is 0.224 e. The van der Waals surface area contributed by atoms with Crippen LogP contribution in [0.1, 0.15) is 31.7 Å². The van der Waals surface area contributed by atoms with E-state index in [1.807, 2.05) is 0 Å². The molecule has 1 aromatic rings. The van der Waals surface area contributed by atoms with E-state index in [9.17, 15) is 14.7 Å². The molecule has 0 aromatic heterocycles. The van der Waals surface area contributed by atoms with Gasteiger partial charge in [-0.05, 0) is 38.9 Å². The van der Waals surface area contributed by atoms with E-state index in [1.165, 1.54) is 0 Å². The van der Waals surface area contributed by atoms with Crippen molar-refractivity contribution in [2.24, 2.45) is 5.92 Å². The lowest BCUT2D eigenvalue weighted by Gasteiger charge is -2.36. The summed E-state index contributed by atoms with van der Waals surface area (Å²) >= 11 is 6.13. The number of fused-ring (bicyclic) bond motifs is 1. The van der Waals surface area contributed by atoms with Gasteiger partial charge in [-0.2, -0.15) is 0 Å². The Labute approximate surface area is 176 Å². The molecule has 2 aliphatic rings. The number of ketones is 1. The van der Waals surface area contributed by atoms with Crippen molar-refractivity contribution in [1.29, 1.82) is 0 Å². The van der Waals surface area contributed by atoms with Crippen molar-refractivity contribution in [3.05, 3.63) is 22.7 Å². The van der Waals surface area contributed by atoms with Crippen molar-refractivity contribution in [3.63, 3.8) is 0 Å². The summed E-state index contributed by atoms with van der Waals surface area (Å²) in [6.45, 7) is 5.19. The van der Waals surface area contributed by atoms with Crippen molar-refractivity contribution in [2.75, 3.05) is 39.4 Å². The van der Waals surface area contributed by atoms with Gasteiger partial charge in [0, 0.05) is 42.1 Å². The number of aliphatic hydroxyl groups excluding tert-OH is 1. The van der Waals surface area contributed by atoms with Crippen LogP contribution < -0.4 is 14.8 Å². The van der Waals surface area contributed by atoms with E-state index in [0.717, 1.165) is 25.9 Å². The number of carbonyl (C=O) groups is 2. The quantitative estimate of drug-likeness (QED) is 0.661. The van der Waals surface area contributed by atoms with Gasteiger partial charge in [-0.15, -0.1) is 0 Å². The molecule has 7 nitrogen and oxygen atoms in total. The fraction of sp³-hybridized carbons (Fsp3) is 0.619. The van der Waals surface area contributed by atoms with E-state index in [2.05, 4.69) is 10.2 Å². The van der Waals surface area contributed by atoms with E-state index >= 15 is 0 Å². The maximum absolute atomic E-state index is 12.5. The van der Waals surface area contributed by atoms with E-state index in [4.69, 9.17) is 21.1 Å². The summed E-state index contributed by atoms with van der Waals surface area (Å²) in [6.07, 6.45) is 1.86. The highest BCUT2D eigenvalue weighted by molar-refractivity contribution is 6.30. The second kappa shape index (κ2) is 10.3. The SMILES string of the molecule is CC(=O)CCCN1CC[C@@H](CNC(=O)Cc2cc(Cl)cc3c2OCCO3)[C@H](O)C1. The number of halogens is 1. The van der Waals surface area contributed by atoms with Crippen molar-refractivity contribution >= 4 is 23.3 Å². The van der Waals surface area contributed by atoms with Gasteiger partial charge in [0.25, 0.3) is 0 Å². The maximum atomic E-state index is 12.5. The van der Waals surface area contributed by atoms with Crippen LogP contribution in [0.25, 0.3) is 0 Å². The molecule has 0 unspecified atom stereocenters. The Morgan fingerprint density at radius 3 is 2.86 bits per heavy atom. The molecule has 2 atom stereocenters. The van der Waals surface area contributed by atoms with Crippen LogP contribution in [0.5, 0.6) is 11.5 Å². The number of ether oxygens (including phenoxy) is 2. The van der Waals surface area contributed by atoms with Crippen LogP contribution in [0.15, 0.2) is 12.1 Å². The Morgan fingerprint density at radius 2 is 2.10 bits per heavy atom. The van der Waals surface area contributed by atoms with Crippen molar-refractivity contribution in [2.45, 2.75) is 38.7 Å². The highest BCUT2D eigenvalue weighted by Crippen LogP contribution is 2.37. The molecule has 1 amide bonds. The molecule has 0 aliphatic carbocycles.